The Morgan fingerprint density at radius 2 is 1.66 bits per heavy atom. The van der Waals surface area contributed by atoms with E-state index < -0.39 is 0 Å². The molecule has 2 aromatic carbocycles. The highest BCUT2D eigenvalue weighted by Gasteiger charge is 2.36. The van der Waals surface area contributed by atoms with Crippen molar-refractivity contribution < 1.29 is 14.4 Å². The van der Waals surface area contributed by atoms with Crippen molar-refractivity contribution in [2.75, 3.05) is 18.0 Å². The van der Waals surface area contributed by atoms with E-state index in [0.29, 0.717) is 10.6 Å². The summed E-state index contributed by atoms with van der Waals surface area (Å²) in [6.45, 7) is 1.90. The largest absolute Gasteiger partial charge is 0.341 e. The lowest BCUT2D eigenvalue weighted by atomic mass is 10.1. The number of rotatable bonds is 4. The molecule has 2 saturated heterocycles. The second-order valence-electron chi connectivity index (χ2n) is 8.02. The number of carbonyl (C=O) groups is 3. The third-order valence-corrected chi connectivity index (χ3v) is 6.80. The molecule has 3 amide bonds. The molecule has 0 bridgehead atoms. The molecule has 5 rings (SSSR count). The first-order chi connectivity index (χ1) is 15.6. The Morgan fingerprint density at radius 3 is 2.44 bits per heavy atom. The van der Waals surface area contributed by atoms with Crippen LogP contribution in [0.1, 0.15) is 24.8 Å². The summed E-state index contributed by atoms with van der Waals surface area (Å²) >= 11 is 0.940. The fourth-order valence-corrected chi connectivity index (χ4v) is 5.15. The van der Waals surface area contributed by atoms with Gasteiger partial charge in [0.1, 0.15) is 6.54 Å². The van der Waals surface area contributed by atoms with Crippen LogP contribution in [-0.2, 0) is 16.1 Å². The van der Waals surface area contributed by atoms with Crippen molar-refractivity contribution in [3.05, 3.63) is 71.3 Å². The highest BCUT2D eigenvalue weighted by Crippen LogP contribution is 2.36. The average molecular weight is 446 g/mol. The lowest BCUT2D eigenvalue weighted by Crippen LogP contribution is -2.37. The van der Waals surface area contributed by atoms with E-state index in [1.165, 1.54) is 11.3 Å². The third-order valence-electron chi connectivity index (χ3n) is 5.93. The Bertz CT molecular complexity index is 1230. The predicted octanol–water partition coefficient (Wildman–Crippen LogP) is 4.89. The summed E-state index contributed by atoms with van der Waals surface area (Å²) in [4.78, 5) is 41.9. The maximum atomic E-state index is 13.0. The highest BCUT2D eigenvalue weighted by molar-refractivity contribution is 8.19. The van der Waals surface area contributed by atoms with E-state index >= 15 is 0 Å². The molecule has 162 valence electrons. The van der Waals surface area contributed by atoms with Crippen molar-refractivity contribution in [3.63, 3.8) is 0 Å². The maximum Gasteiger partial charge on any atom is 0.298 e. The molecule has 2 fully saturated rings. The molecule has 3 aromatic rings. The number of para-hydroxylation sites is 2. The number of nitrogens with zero attached hydrogens (tertiary/aromatic N) is 3. The topological polar surface area (TPSA) is 62.6 Å². The fraction of sp³-hybridized carbons (Fsp3) is 0.240. The lowest BCUT2D eigenvalue weighted by molar-refractivity contribution is -0.132. The fourth-order valence-electron chi connectivity index (χ4n) is 4.32. The summed E-state index contributed by atoms with van der Waals surface area (Å²) in [5.74, 6) is -0.214. The van der Waals surface area contributed by atoms with E-state index in [-0.39, 0.29) is 23.6 Å². The zero-order valence-electron chi connectivity index (χ0n) is 17.6. The van der Waals surface area contributed by atoms with Gasteiger partial charge in [0, 0.05) is 35.8 Å². The summed E-state index contributed by atoms with van der Waals surface area (Å²) in [5, 5.41) is 0.641. The molecule has 2 aliphatic rings. The van der Waals surface area contributed by atoms with Gasteiger partial charge in [-0.15, -0.1) is 0 Å². The van der Waals surface area contributed by atoms with Crippen LogP contribution >= 0.6 is 11.8 Å². The minimum Gasteiger partial charge on any atom is -0.341 e. The van der Waals surface area contributed by atoms with E-state index in [2.05, 4.69) is 0 Å². The molecular weight excluding hydrogens is 422 g/mol. The minimum atomic E-state index is -0.326. The number of benzene rings is 2. The van der Waals surface area contributed by atoms with Crippen molar-refractivity contribution in [2.45, 2.75) is 25.8 Å². The van der Waals surface area contributed by atoms with Gasteiger partial charge in [0.05, 0.1) is 10.6 Å². The monoisotopic (exact) mass is 445 g/mol. The molecule has 7 heteroatoms. The highest BCUT2D eigenvalue weighted by atomic mass is 32.2. The minimum absolute atomic E-state index is 0.112. The van der Waals surface area contributed by atoms with Gasteiger partial charge in [0.25, 0.3) is 11.1 Å². The SMILES string of the molecule is O=C(Cn1cc(/C=C2\SC(=O)N(c3ccccc3)C2=O)c2ccccc21)N1CCCCC1. The van der Waals surface area contributed by atoms with Crippen LogP contribution in [-0.4, -0.2) is 39.6 Å². The third kappa shape index (κ3) is 3.84. The van der Waals surface area contributed by atoms with Gasteiger partial charge in [-0.05, 0) is 55.3 Å². The van der Waals surface area contributed by atoms with E-state index in [1.807, 2.05) is 46.0 Å². The summed E-state index contributed by atoms with van der Waals surface area (Å²) in [7, 11) is 0. The standard InChI is InChI=1S/C25H23N3O3S/c29-23(26-13-7-2-8-14-26)17-27-16-18(20-11-5-6-12-21(20)27)15-22-24(30)28(25(31)32-22)19-9-3-1-4-10-19/h1,3-6,9-12,15-16H,2,7-8,13-14,17H2/b22-15-. The van der Waals surface area contributed by atoms with Gasteiger partial charge < -0.3 is 9.47 Å². The molecule has 6 nitrogen and oxygen atoms in total. The molecule has 0 aliphatic carbocycles. The average Bonchev–Trinajstić information content (AvgIpc) is 3.31. The first-order valence-electron chi connectivity index (χ1n) is 10.8. The molecule has 2 aliphatic heterocycles. The Hall–Kier alpha value is -3.32. The van der Waals surface area contributed by atoms with Crippen molar-refractivity contribution >= 4 is 51.5 Å². The number of thioether (sulfide) groups is 1. The smallest absolute Gasteiger partial charge is 0.298 e. The molecule has 0 N–H and O–H groups in total. The Labute approximate surface area is 190 Å². The second-order valence-corrected chi connectivity index (χ2v) is 9.02. The van der Waals surface area contributed by atoms with Gasteiger partial charge in [-0.2, -0.15) is 0 Å². The first-order valence-corrected chi connectivity index (χ1v) is 11.6. The molecule has 0 saturated carbocycles. The number of likely N-dealkylation sites (tertiary alicyclic amines) is 1. The van der Waals surface area contributed by atoms with Crippen LogP contribution in [0.15, 0.2) is 65.7 Å². The van der Waals surface area contributed by atoms with Crippen LogP contribution in [0.3, 0.4) is 0 Å². The maximum absolute atomic E-state index is 13.0. The van der Waals surface area contributed by atoms with Crippen molar-refractivity contribution in [1.82, 2.24) is 9.47 Å². The number of hydrogen-bond donors (Lipinski definition) is 0. The van der Waals surface area contributed by atoms with Crippen LogP contribution in [0.5, 0.6) is 0 Å². The first kappa shape index (κ1) is 20.6. The molecule has 1 aromatic heterocycles. The van der Waals surface area contributed by atoms with Crippen LogP contribution in [0.2, 0.25) is 0 Å². The molecule has 32 heavy (non-hydrogen) atoms. The summed E-state index contributed by atoms with van der Waals surface area (Å²) in [5.41, 5.74) is 2.32. The Morgan fingerprint density at radius 1 is 0.938 bits per heavy atom. The second kappa shape index (κ2) is 8.67. The van der Waals surface area contributed by atoms with Gasteiger partial charge in [0.2, 0.25) is 5.91 Å². The van der Waals surface area contributed by atoms with Crippen molar-refractivity contribution in [3.8, 4) is 0 Å². The van der Waals surface area contributed by atoms with E-state index in [1.54, 1.807) is 30.3 Å². The van der Waals surface area contributed by atoms with Gasteiger partial charge in [-0.3, -0.25) is 14.4 Å². The Kier molecular flexibility index (Phi) is 5.57. The number of anilines is 1. The molecule has 0 radical (unpaired) electrons. The molecule has 0 spiro atoms. The number of hydrogen-bond acceptors (Lipinski definition) is 4. The zero-order chi connectivity index (χ0) is 22.1. The molecule has 3 heterocycles. The van der Waals surface area contributed by atoms with E-state index in [9.17, 15) is 14.4 Å². The van der Waals surface area contributed by atoms with E-state index in [4.69, 9.17) is 0 Å². The molecular formula is C25H23N3O3S. The van der Waals surface area contributed by atoms with Gasteiger partial charge in [-0.25, -0.2) is 4.90 Å². The van der Waals surface area contributed by atoms with Crippen LogP contribution in [0, 0.1) is 0 Å². The number of imide groups is 1. The quantitative estimate of drug-likeness (QED) is 0.536. The summed E-state index contributed by atoms with van der Waals surface area (Å²) < 4.78 is 1.94. The molecule has 0 unspecified atom stereocenters. The number of piperidine rings is 1. The van der Waals surface area contributed by atoms with E-state index in [0.717, 1.165) is 54.2 Å². The number of aromatic nitrogens is 1. The number of carbonyl (C=O) groups excluding carboxylic acids is 3. The normalized spacial score (nSPS) is 18.2. The van der Waals surface area contributed by atoms with Crippen molar-refractivity contribution in [1.29, 1.82) is 0 Å². The lowest BCUT2D eigenvalue weighted by Gasteiger charge is -2.27. The van der Waals surface area contributed by atoms with Crippen LogP contribution in [0.25, 0.3) is 17.0 Å². The summed E-state index contributed by atoms with van der Waals surface area (Å²) in [6.07, 6.45) is 6.96. The number of fused-ring (bicyclic) bond motifs is 1. The van der Waals surface area contributed by atoms with Crippen LogP contribution in [0.4, 0.5) is 10.5 Å². The summed E-state index contributed by atoms with van der Waals surface area (Å²) in [6, 6.07) is 16.8. The predicted molar refractivity (Wildman–Crippen MR) is 127 cm³/mol. The van der Waals surface area contributed by atoms with Gasteiger partial charge >= 0.3 is 0 Å². The Balaban J connectivity index is 1.46. The van der Waals surface area contributed by atoms with Crippen molar-refractivity contribution in [2.24, 2.45) is 0 Å². The molecule has 0 atom stereocenters. The van der Waals surface area contributed by atoms with Gasteiger partial charge in [-0.1, -0.05) is 36.4 Å². The number of amides is 3. The zero-order valence-corrected chi connectivity index (χ0v) is 18.4. The van der Waals surface area contributed by atoms with Crippen LogP contribution < -0.4 is 4.90 Å². The van der Waals surface area contributed by atoms with Gasteiger partial charge in [0.15, 0.2) is 0 Å².